The van der Waals surface area contributed by atoms with Crippen molar-refractivity contribution in [3.63, 3.8) is 0 Å². The molecule has 3 heteroatoms. The Morgan fingerprint density at radius 1 is 1.26 bits per heavy atom. The molecule has 1 unspecified atom stereocenters. The summed E-state index contributed by atoms with van der Waals surface area (Å²) in [5.74, 6) is 0.981. The number of hydrogen-bond acceptors (Lipinski definition) is 3. The van der Waals surface area contributed by atoms with Gasteiger partial charge in [0.2, 0.25) is 0 Å². The van der Waals surface area contributed by atoms with Crippen LogP contribution >= 0.6 is 0 Å². The number of rotatable bonds is 3. The average Bonchev–Trinajstić information content (AvgIpc) is 2.46. The fourth-order valence-electron chi connectivity index (χ4n) is 3.14. The van der Waals surface area contributed by atoms with E-state index in [4.69, 9.17) is 4.74 Å². The quantitative estimate of drug-likeness (QED) is 0.875. The molecule has 104 valence electrons. The monoisotopic (exact) mass is 260 g/mol. The Bertz CT molecular complexity index is 427. The molecule has 1 aromatic carbocycles. The van der Waals surface area contributed by atoms with Crippen LogP contribution in [0, 0.1) is 0 Å². The maximum atomic E-state index is 6.04. The van der Waals surface area contributed by atoms with Crippen LogP contribution in [-0.4, -0.2) is 24.7 Å². The number of anilines is 1. The van der Waals surface area contributed by atoms with E-state index in [1.54, 1.807) is 0 Å². The fraction of sp³-hybridized carbons (Fsp3) is 0.625. The highest BCUT2D eigenvalue weighted by atomic mass is 16.5. The van der Waals surface area contributed by atoms with Gasteiger partial charge in [0, 0.05) is 12.1 Å². The highest BCUT2D eigenvalue weighted by molar-refractivity contribution is 5.57. The SMILES string of the molecule is CC1(NCC2CNc3ccccc3O2)CCCCC1. The van der Waals surface area contributed by atoms with E-state index in [2.05, 4.69) is 23.6 Å². The molecule has 0 radical (unpaired) electrons. The van der Waals surface area contributed by atoms with E-state index in [9.17, 15) is 0 Å². The molecule has 2 aliphatic rings. The van der Waals surface area contributed by atoms with E-state index < -0.39 is 0 Å². The molecule has 1 aliphatic heterocycles. The third-order valence-corrected chi connectivity index (χ3v) is 4.41. The first-order valence-electron chi connectivity index (χ1n) is 7.50. The van der Waals surface area contributed by atoms with Crippen LogP contribution in [0.25, 0.3) is 0 Å². The minimum atomic E-state index is 0.230. The lowest BCUT2D eigenvalue weighted by Crippen LogP contribution is -2.50. The molecule has 1 aliphatic carbocycles. The van der Waals surface area contributed by atoms with Crippen LogP contribution in [0.4, 0.5) is 5.69 Å². The second kappa shape index (κ2) is 5.41. The molecule has 1 fully saturated rings. The number of fused-ring (bicyclic) bond motifs is 1. The van der Waals surface area contributed by atoms with Crippen LogP contribution in [0.2, 0.25) is 0 Å². The Morgan fingerprint density at radius 2 is 2.05 bits per heavy atom. The van der Waals surface area contributed by atoms with Gasteiger partial charge >= 0.3 is 0 Å². The van der Waals surface area contributed by atoms with Crippen LogP contribution in [-0.2, 0) is 0 Å². The van der Waals surface area contributed by atoms with Crippen molar-refractivity contribution in [1.29, 1.82) is 0 Å². The molecule has 3 rings (SSSR count). The summed E-state index contributed by atoms with van der Waals surface area (Å²) in [6, 6.07) is 8.17. The number of hydrogen-bond donors (Lipinski definition) is 2. The smallest absolute Gasteiger partial charge is 0.142 e. The summed E-state index contributed by atoms with van der Waals surface area (Å²) in [4.78, 5) is 0. The summed E-state index contributed by atoms with van der Waals surface area (Å²) in [6.07, 6.45) is 6.93. The van der Waals surface area contributed by atoms with Gasteiger partial charge in [0.05, 0.1) is 12.2 Å². The lowest BCUT2D eigenvalue weighted by molar-refractivity contribution is 0.168. The van der Waals surface area contributed by atoms with Crippen molar-refractivity contribution in [2.45, 2.75) is 50.7 Å². The third kappa shape index (κ3) is 3.03. The predicted octanol–water partition coefficient (Wildman–Crippen LogP) is 3.17. The van der Waals surface area contributed by atoms with E-state index in [-0.39, 0.29) is 6.10 Å². The summed E-state index contributed by atoms with van der Waals surface area (Å²) in [5.41, 5.74) is 1.43. The molecule has 0 saturated heterocycles. The van der Waals surface area contributed by atoms with Gasteiger partial charge in [-0.25, -0.2) is 0 Å². The van der Waals surface area contributed by atoms with Crippen molar-refractivity contribution in [2.75, 3.05) is 18.4 Å². The van der Waals surface area contributed by atoms with E-state index in [1.165, 1.54) is 32.1 Å². The molecular formula is C16H24N2O. The second-order valence-corrected chi connectivity index (χ2v) is 6.12. The van der Waals surface area contributed by atoms with Crippen LogP contribution in [0.1, 0.15) is 39.0 Å². The maximum absolute atomic E-state index is 6.04. The van der Waals surface area contributed by atoms with Crippen molar-refractivity contribution in [2.24, 2.45) is 0 Å². The van der Waals surface area contributed by atoms with Gasteiger partial charge in [-0.05, 0) is 31.9 Å². The predicted molar refractivity (Wildman–Crippen MR) is 78.8 cm³/mol. The lowest BCUT2D eigenvalue weighted by Gasteiger charge is -2.37. The number of nitrogens with one attached hydrogen (secondary N) is 2. The summed E-state index contributed by atoms with van der Waals surface area (Å²) in [5, 5.41) is 7.18. The van der Waals surface area contributed by atoms with Crippen LogP contribution < -0.4 is 15.4 Å². The average molecular weight is 260 g/mol. The highest BCUT2D eigenvalue weighted by Crippen LogP contribution is 2.30. The van der Waals surface area contributed by atoms with E-state index in [1.807, 2.05) is 18.2 Å². The van der Waals surface area contributed by atoms with E-state index >= 15 is 0 Å². The van der Waals surface area contributed by atoms with Crippen molar-refractivity contribution < 1.29 is 4.74 Å². The summed E-state index contributed by atoms with van der Waals surface area (Å²) < 4.78 is 6.04. The molecule has 0 amide bonds. The number of benzene rings is 1. The van der Waals surface area contributed by atoms with Crippen molar-refractivity contribution in [1.82, 2.24) is 5.32 Å². The van der Waals surface area contributed by atoms with Gasteiger partial charge in [-0.15, -0.1) is 0 Å². The van der Waals surface area contributed by atoms with Gasteiger partial charge in [0.25, 0.3) is 0 Å². The Labute approximate surface area is 115 Å². The molecule has 2 N–H and O–H groups in total. The van der Waals surface area contributed by atoms with Gasteiger partial charge in [-0.1, -0.05) is 31.4 Å². The standard InChI is InChI=1S/C16H24N2O/c1-16(9-5-2-6-10-16)18-12-13-11-17-14-7-3-4-8-15(14)19-13/h3-4,7-8,13,17-18H,2,5-6,9-12H2,1H3. The highest BCUT2D eigenvalue weighted by Gasteiger charge is 2.28. The first-order valence-corrected chi connectivity index (χ1v) is 7.50. The maximum Gasteiger partial charge on any atom is 0.142 e. The topological polar surface area (TPSA) is 33.3 Å². The van der Waals surface area contributed by atoms with Crippen molar-refractivity contribution in [3.8, 4) is 5.75 Å². The molecule has 1 heterocycles. The minimum absolute atomic E-state index is 0.230. The molecule has 1 aromatic rings. The first kappa shape index (κ1) is 12.8. The molecule has 0 spiro atoms. The van der Waals surface area contributed by atoms with E-state index in [0.717, 1.165) is 24.5 Å². The zero-order valence-electron chi connectivity index (χ0n) is 11.7. The van der Waals surface area contributed by atoms with Gasteiger partial charge in [-0.3, -0.25) is 0 Å². The largest absolute Gasteiger partial charge is 0.485 e. The van der Waals surface area contributed by atoms with Gasteiger partial charge in [0.1, 0.15) is 11.9 Å². The molecule has 1 atom stereocenters. The Morgan fingerprint density at radius 3 is 2.89 bits per heavy atom. The molecular weight excluding hydrogens is 236 g/mol. The molecule has 0 aromatic heterocycles. The molecule has 3 nitrogen and oxygen atoms in total. The van der Waals surface area contributed by atoms with Crippen LogP contribution in [0.5, 0.6) is 5.75 Å². The second-order valence-electron chi connectivity index (χ2n) is 6.12. The Kier molecular flexibility index (Phi) is 3.65. The Hall–Kier alpha value is -1.22. The normalized spacial score (nSPS) is 25.0. The molecule has 1 saturated carbocycles. The third-order valence-electron chi connectivity index (χ3n) is 4.41. The zero-order chi connectivity index (χ0) is 13.1. The van der Waals surface area contributed by atoms with Gasteiger partial charge in [0.15, 0.2) is 0 Å². The van der Waals surface area contributed by atoms with E-state index in [0.29, 0.717) is 5.54 Å². The fourth-order valence-corrected chi connectivity index (χ4v) is 3.14. The molecule has 19 heavy (non-hydrogen) atoms. The van der Waals surface area contributed by atoms with Crippen molar-refractivity contribution >= 4 is 5.69 Å². The zero-order valence-corrected chi connectivity index (χ0v) is 11.7. The number of para-hydroxylation sites is 2. The van der Waals surface area contributed by atoms with Crippen molar-refractivity contribution in [3.05, 3.63) is 24.3 Å². The summed E-state index contributed by atoms with van der Waals surface area (Å²) in [7, 11) is 0. The minimum Gasteiger partial charge on any atom is -0.485 e. The lowest BCUT2D eigenvalue weighted by atomic mass is 9.83. The molecule has 0 bridgehead atoms. The van der Waals surface area contributed by atoms with Gasteiger partial charge < -0.3 is 15.4 Å². The van der Waals surface area contributed by atoms with Gasteiger partial charge in [-0.2, -0.15) is 0 Å². The first-order chi connectivity index (χ1) is 9.25. The van der Waals surface area contributed by atoms with Crippen LogP contribution in [0.3, 0.4) is 0 Å². The Balaban J connectivity index is 1.54. The summed E-state index contributed by atoms with van der Waals surface area (Å²) >= 11 is 0. The van der Waals surface area contributed by atoms with Crippen LogP contribution in [0.15, 0.2) is 24.3 Å². The number of ether oxygens (including phenoxy) is 1. The summed E-state index contributed by atoms with van der Waals surface area (Å²) in [6.45, 7) is 4.17.